The Hall–Kier alpha value is -3.87. The van der Waals surface area contributed by atoms with Crippen molar-refractivity contribution >= 4 is 52.8 Å². The van der Waals surface area contributed by atoms with Crippen molar-refractivity contribution in [3.63, 3.8) is 0 Å². The average molecular weight is 535 g/mol. The Morgan fingerprint density at radius 1 is 0.946 bits per heavy atom. The van der Waals surface area contributed by atoms with E-state index in [0.717, 1.165) is 27.2 Å². The second-order valence-corrected chi connectivity index (χ2v) is 9.45. The smallest absolute Gasteiger partial charge is 0.335 e. The van der Waals surface area contributed by atoms with Crippen molar-refractivity contribution in [3.8, 4) is 5.75 Å². The fourth-order valence-electron chi connectivity index (χ4n) is 3.86. The van der Waals surface area contributed by atoms with Crippen LogP contribution in [-0.4, -0.2) is 17.8 Å². The van der Waals surface area contributed by atoms with Crippen molar-refractivity contribution in [2.75, 3.05) is 4.90 Å². The minimum absolute atomic E-state index is 0.149. The lowest BCUT2D eigenvalue weighted by molar-refractivity contribution is -0.122. The molecule has 0 bridgehead atoms. The molecule has 0 aliphatic carbocycles. The average Bonchev–Trinajstić information content (AvgIpc) is 2.84. The van der Waals surface area contributed by atoms with E-state index >= 15 is 0 Å². The number of allylic oxidation sites excluding steroid dienone is 1. The summed E-state index contributed by atoms with van der Waals surface area (Å²) in [6.45, 7) is 7.86. The number of hydrogen-bond donors (Lipinski definition) is 1. The highest BCUT2D eigenvalue weighted by atomic mass is 35.5. The lowest BCUT2D eigenvalue weighted by Crippen LogP contribution is -2.54. The highest BCUT2D eigenvalue weighted by molar-refractivity contribution is 6.39. The standard InChI is InChI=1S/C29H24Cl2N2O4/c1-4-5-20-13-19(7-11-26(20)37-16-21-8-9-22(30)15-25(21)31)14-24-27(34)32-29(36)33(28(24)35)23-10-6-17(2)18(3)12-23/h4,6-15H,1,5,16H2,2-3H3,(H,32,34,36)/b24-14+. The molecule has 1 aliphatic rings. The Bertz CT molecular complexity index is 1460. The molecule has 1 aliphatic heterocycles. The molecular weight excluding hydrogens is 511 g/mol. The minimum Gasteiger partial charge on any atom is -0.489 e. The minimum atomic E-state index is -0.785. The number of benzene rings is 3. The van der Waals surface area contributed by atoms with E-state index in [0.29, 0.717) is 33.5 Å². The lowest BCUT2D eigenvalue weighted by Gasteiger charge is -2.27. The molecular formula is C29H24Cl2N2O4. The van der Waals surface area contributed by atoms with Crippen LogP contribution in [0.4, 0.5) is 10.5 Å². The number of carbonyl (C=O) groups excluding carboxylic acids is 3. The largest absolute Gasteiger partial charge is 0.489 e. The van der Waals surface area contributed by atoms with Crippen LogP contribution in [0.5, 0.6) is 5.75 Å². The van der Waals surface area contributed by atoms with Gasteiger partial charge in [-0.3, -0.25) is 14.9 Å². The number of ether oxygens (including phenoxy) is 1. The fourth-order valence-corrected chi connectivity index (χ4v) is 4.33. The second-order valence-electron chi connectivity index (χ2n) is 8.61. The Kier molecular flexibility index (Phi) is 7.81. The van der Waals surface area contributed by atoms with Crippen LogP contribution < -0.4 is 15.0 Å². The van der Waals surface area contributed by atoms with Gasteiger partial charge >= 0.3 is 6.03 Å². The first-order valence-electron chi connectivity index (χ1n) is 11.5. The predicted octanol–water partition coefficient (Wildman–Crippen LogP) is 6.58. The van der Waals surface area contributed by atoms with Crippen LogP contribution in [-0.2, 0) is 22.6 Å². The molecule has 3 aromatic carbocycles. The summed E-state index contributed by atoms with van der Waals surface area (Å²) in [4.78, 5) is 39.3. The van der Waals surface area contributed by atoms with Crippen LogP contribution in [0.2, 0.25) is 10.0 Å². The van der Waals surface area contributed by atoms with Crippen LogP contribution in [0.3, 0.4) is 0 Å². The summed E-state index contributed by atoms with van der Waals surface area (Å²) >= 11 is 12.2. The van der Waals surface area contributed by atoms with Gasteiger partial charge in [0.05, 0.1) is 5.69 Å². The maximum atomic E-state index is 13.3. The molecule has 1 saturated heterocycles. The van der Waals surface area contributed by atoms with Gasteiger partial charge in [0, 0.05) is 15.6 Å². The molecule has 6 nitrogen and oxygen atoms in total. The normalized spacial score (nSPS) is 14.6. The number of amides is 4. The van der Waals surface area contributed by atoms with Crippen molar-refractivity contribution in [2.45, 2.75) is 26.9 Å². The Morgan fingerprint density at radius 3 is 2.43 bits per heavy atom. The number of imide groups is 2. The van der Waals surface area contributed by atoms with Gasteiger partial charge in [-0.05, 0) is 85.0 Å². The Balaban J connectivity index is 1.62. The van der Waals surface area contributed by atoms with E-state index < -0.39 is 17.8 Å². The number of urea groups is 1. The van der Waals surface area contributed by atoms with Gasteiger partial charge in [-0.1, -0.05) is 47.5 Å². The van der Waals surface area contributed by atoms with Gasteiger partial charge in [-0.25, -0.2) is 9.69 Å². The van der Waals surface area contributed by atoms with Gasteiger partial charge < -0.3 is 4.74 Å². The maximum Gasteiger partial charge on any atom is 0.335 e. The zero-order chi connectivity index (χ0) is 26.7. The molecule has 0 aromatic heterocycles. The van der Waals surface area contributed by atoms with E-state index in [1.54, 1.807) is 48.5 Å². The SMILES string of the molecule is C=CCc1cc(/C=C2\C(=O)NC(=O)N(c3ccc(C)c(C)c3)C2=O)ccc1OCc1ccc(Cl)cc1Cl. The van der Waals surface area contributed by atoms with Crippen LogP contribution >= 0.6 is 23.2 Å². The van der Waals surface area contributed by atoms with Crippen molar-refractivity contribution in [1.82, 2.24) is 5.32 Å². The van der Waals surface area contributed by atoms with Crippen molar-refractivity contribution in [1.29, 1.82) is 0 Å². The zero-order valence-corrected chi connectivity index (χ0v) is 21.8. The van der Waals surface area contributed by atoms with Gasteiger partial charge in [0.25, 0.3) is 11.8 Å². The number of halogens is 2. The summed E-state index contributed by atoms with van der Waals surface area (Å²) < 4.78 is 6.00. The molecule has 0 unspecified atom stereocenters. The molecule has 0 atom stereocenters. The lowest BCUT2D eigenvalue weighted by atomic mass is 10.0. The van der Waals surface area contributed by atoms with Gasteiger partial charge in [-0.15, -0.1) is 6.58 Å². The fraction of sp³-hybridized carbons (Fsp3) is 0.138. The van der Waals surface area contributed by atoms with Crippen molar-refractivity contribution in [2.24, 2.45) is 0 Å². The number of hydrogen-bond acceptors (Lipinski definition) is 4. The summed E-state index contributed by atoms with van der Waals surface area (Å²) in [7, 11) is 0. The molecule has 8 heteroatoms. The summed E-state index contributed by atoms with van der Waals surface area (Å²) in [5.74, 6) is -0.836. The van der Waals surface area contributed by atoms with E-state index in [4.69, 9.17) is 27.9 Å². The molecule has 0 radical (unpaired) electrons. The first-order chi connectivity index (χ1) is 17.7. The second kappa shape index (κ2) is 11.0. The number of rotatable bonds is 7. The van der Waals surface area contributed by atoms with E-state index in [1.165, 1.54) is 6.08 Å². The monoisotopic (exact) mass is 534 g/mol. The van der Waals surface area contributed by atoms with E-state index in [-0.39, 0.29) is 12.2 Å². The molecule has 1 heterocycles. The Labute approximate surface area is 225 Å². The zero-order valence-electron chi connectivity index (χ0n) is 20.3. The third kappa shape index (κ3) is 5.77. The number of nitrogens with zero attached hydrogens (tertiary/aromatic N) is 1. The van der Waals surface area contributed by atoms with Crippen LogP contribution in [0, 0.1) is 13.8 Å². The molecule has 0 saturated carbocycles. The summed E-state index contributed by atoms with van der Waals surface area (Å²) in [6.07, 6.45) is 3.69. The molecule has 4 rings (SSSR count). The molecule has 3 aromatic rings. The van der Waals surface area contributed by atoms with Gasteiger partial charge in [-0.2, -0.15) is 0 Å². The maximum absolute atomic E-state index is 13.3. The molecule has 4 amide bonds. The number of barbiturate groups is 1. The van der Waals surface area contributed by atoms with Crippen LogP contribution in [0.25, 0.3) is 6.08 Å². The predicted molar refractivity (Wildman–Crippen MR) is 146 cm³/mol. The third-order valence-electron chi connectivity index (χ3n) is 6.01. The molecule has 37 heavy (non-hydrogen) atoms. The topological polar surface area (TPSA) is 75.7 Å². The Morgan fingerprint density at radius 2 is 1.73 bits per heavy atom. The number of nitrogens with one attached hydrogen (secondary N) is 1. The van der Waals surface area contributed by atoms with E-state index in [2.05, 4.69) is 11.9 Å². The first kappa shape index (κ1) is 26.2. The van der Waals surface area contributed by atoms with E-state index in [9.17, 15) is 14.4 Å². The number of anilines is 1. The first-order valence-corrected chi connectivity index (χ1v) is 12.2. The van der Waals surface area contributed by atoms with Crippen molar-refractivity contribution in [3.05, 3.63) is 111 Å². The van der Waals surface area contributed by atoms with E-state index in [1.807, 2.05) is 26.0 Å². The third-order valence-corrected chi connectivity index (χ3v) is 6.60. The number of carbonyl (C=O) groups is 3. The number of aryl methyl sites for hydroxylation is 2. The summed E-state index contributed by atoms with van der Waals surface area (Å²) in [6, 6.07) is 14.9. The highest BCUT2D eigenvalue weighted by Crippen LogP contribution is 2.28. The molecule has 1 N–H and O–H groups in total. The summed E-state index contributed by atoms with van der Waals surface area (Å²) in [5, 5.41) is 3.30. The van der Waals surface area contributed by atoms with Gasteiger partial charge in [0.2, 0.25) is 0 Å². The quantitative estimate of drug-likeness (QED) is 0.211. The van der Waals surface area contributed by atoms with Crippen LogP contribution in [0.15, 0.2) is 72.8 Å². The van der Waals surface area contributed by atoms with Gasteiger partial charge in [0.15, 0.2) is 0 Å². The van der Waals surface area contributed by atoms with Crippen molar-refractivity contribution < 1.29 is 19.1 Å². The molecule has 188 valence electrons. The van der Waals surface area contributed by atoms with Gasteiger partial charge in [0.1, 0.15) is 17.9 Å². The molecule has 1 fully saturated rings. The summed E-state index contributed by atoms with van der Waals surface area (Å²) in [5.41, 5.74) is 4.37. The van der Waals surface area contributed by atoms with Crippen LogP contribution in [0.1, 0.15) is 27.8 Å². The highest BCUT2D eigenvalue weighted by Gasteiger charge is 2.36. The molecule has 0 spiro atoms.